The van der Waals surface area contributed by atoms with Gasteiger partial charge >= 0.3 is 0 Å². The molecule has 0 radical (unpaired) electrons. The van der Waals surface area contributed by atoms with E-state index in [9.17, 15) is 0 Å². The van der Waals surface area contributed by atoms with Gasteiger partial charge in [0.15, 0.2) is 0 Å². The summed E-state index contributed by atoms with van der Waals surface area (Å²) in [6.07, 6.45) is 3.93. The third-order valence-corrected chi connectivity index (χ3v) is 3.05. The zero-order valence-corrected chi connectivity index (χ0v) is 9.03. The van der Waals surface area contributed by atoms with E-state index in [1.807, 2.05) is 6.07 Å². The Labute approximate surface area is 94.1 Å². The summed E-state index contributed by atoms with van der Waals surface area (Å²) in [5.74, 6) is 1.79. The van der Waals surface area contributed by atoms with Crippen LogP contribution in [0.4, 0.5) is 0 Å². The smallest absolute Gasteiger partial charge is 0.110 e. The van der Waals surface area contributed by atoms with Crippen molar-refractivity contribution in [2.24, 2.45) is 0 Å². The minimum Gasteiger partial charge on any atom is -0.342 e. The van der Waals surface area contributed by atoms with Crippen LogP contribution in [-0.4, -0.2) is 9.97 Å². The molecule has 0 amide bonds. The van der Waals surface area contributed by atoms with Gasteiger partial charge in [-0.15, -0.1) is 0 Å². The zero-order chi connectivity index (χ0) is 11.0. The Kier molecular flexibility index (Phi) is 2.14. The minimum absolute atomic E-state index is 0.578. The van der Waals surface area contributed by atoms with Crippen molar-refractivity contribution in [2.75, 3.05) is 0 Å². The van der Waals surface area contributed by atoms with Crippen LogP contribution in [0.25, 0.3) is 11.0 Å². The fraction of sp³-hybridized carbons (Fsp3) is 0.385. The minimum atomic E-state index is 0.578. The van der Waals surface area contributed by atoms with Gasteiger partial charge in [0.05, 0.1) is 17.1 Å². The Hall–Kier alpha value is -1.82. The molecule has 3 nitrogen and oxygen atoms in total. The van der Waals surface area contributed by atoms with E-state index in [2.05, 4.69) is 28.2 Å². The number of benzene rings is 1. The van der Waals surface area contributed by atoms with Crippen molar-refractivity contribution in [3.8, 4) is 6.07 Å². The number of nitrogens with zero attached hydrogens (tertiary/aromatic N) is 2. The molecule has 0 spiro atoms. The third kappa shape index (κ3) is 1.67. The molecule has 0 bridgehead atoms. The Bertz CT molecular complexity index is 558. The molecule has 0 aliphatic heterocycles. The lowest BCUT2D eigenvalue weighted by atomic mass is 10.1. The average molecular weight is 211 g/mol. The van der Waals surface area contributed by atoms with Crippen molar-refractivity contribution >= 4 is 11.0 Å². The molecule has 0 atom stereocenters. The Morgan fingerprint density at radius 2 is 2.31 bits per heavy atom. The van der Waals surface area contributed by atoms with E-state index in [1.165, 1.54) is 18.4 Å². The molecule has 0 saturated heterocycles. The molecule has 80 valence electrons. The molecule has 1 aliphatic rings. The van der Waals surface area contributed by atoms with Crippen LogP contribution in [-0.2, 0) is 6.42 Å². The quantitative estimate of drug-likeness (QED) is 0.848. The highest BCUT2D eigenvalue weighted by Crippen LogP contribution is 2.39. The van der Waals surface area contributed by atoms with Crippen molar-refractivity contribution in [3.05, 3.63) is 29.6 Å². The van der Waals surface area contributed by atoms with E-state index in [0.717, 1.165) is 23.3 Å². The predicted molar refractivity (Wildman–Crippen MR) is 62.0 cm³/mol. The molecule has 1 saturated carbocycles. The molecular weight excluding hydrogens is 198 g/mol. The number of aromatic nitrogens is 2. The highest BCUT2D eigenvalue weighted by atomic mass is 14.9. The molecule has 1 aliphatic carbocycles. The number of aryl methyl sites for hydroxylation is 1. The normalized spacial score (nSPS) is 15.2. The van der Waals surface area contributed by atoms with Gasteiger partial charge in [0.2, 0.25) is 0 Å². The van der Waals surface area contributed by atoms with Gasteiger partial charge in [0, 0.05) is 12.3 Å². The van der Waals surface area contributed by atoms with Gasteiger partial charge in [-0.2, -0.15) is 5.26 Å². The second-order valence-electron chi connectivity index (χ2n) is 4.41. The number of nitrogens with one attached hydrogen (secondary N) is 1. The molecule has 1 N–H and O–H groups in total. The Balaban J connectivity index is 1.94. The number of hydrogen-bond donors (Lipinski definition) is 1. The number of H-pyrrole nitrogens is 1. The van der Waals surface area contributed by atoms with Crippen molar-refractivity contribution < 1.29 is 0 Å². The summed E-state index contributed by atoms with van der Waals surface area (Å²) in [7, 11) is 0. The van der Waals surface area contributed by atoms with Crippen LogP contribution >= 0.6 is 0 Å². The summed E-state index contributed by atoms with van der Waals surface area (Å²) in [5, 5.41) is 8.56. The summed E-state index contributed by atoms with van der Waals surface area (Å²) < 4.78 is 0. The molecule has 0 unspecified atom stereocenters. The standard InChI is InChI=1S/C13H13N3/c14-7-1-2-9-3-6-11-12(8-9)16-13(15-11)10-4-5-10/h3,6,8,10H,1-2,4-5H2,(H,15,16). The van der Waals surface area contributed by atoms with E-state index < -0.39 is 0 Å². The van der Waals surface area contributed by atoms with E-state index in [0.29, 0.717) is 12.3 Å². The average Bonchev–Trinajstić information content (AvgIpc) is 3.06. The molecule has 1 fully saturated rings. The molecule has 1 aromatic heterocycles. The first-order chi connectivity index (χ1) is 7.86. The summed E-state index contributed by atoms with van der Waals surface area (Å²) in [6, 6.07) is 8.40. The van der Waals surface area contributed by atoms with Crippen LogP contribution in [0.3, 0.4) is 0 Å². The highest BCUT2D eigenvalue weighted by molar-refractivity contribution is 5.76. The van der Waals surface area contributed by atoms with Crippen LogP contribution in [0.1, 0.15) is 36.6 Å². The van der Waals surface area contributed by atoms with Gasteiger partial charge in [0.25, 0.3) is 0 Å². The number of aromatic amines is 1. The fourth-order valence-corrected chi connectivity index (χ4v) is 1.98. The molecular formula is C13H13N3. The first-order valence-electron chi connectivity index (χ1n) is 5.72. The molecule has 16 heavy (non-hydrogen) atoms. The van der Waals surface area contributed by atoms with Crippen molar-refractivity contribution in [1.29, 1.82) is 5.26 Å². The van der Waals surface area contributed by atoms with Crippen molar-refractivity contribution in [3.63, 3.8) is 0 Å². The first-order valence-corrected chi connectivity index (χ1v) is 5.72. The van der Waals surface area contributed by atoms with Gasteiger partial charge in [-0.1, -0.05) is 6.07 Å². The Morgan fingerprint density at radius 3 is 3.06 bits per heavy atom. The van der Waals surface area contributed by atoms with Gasteiger partial charge in [-0.3, -0.25) is 0 Å². The Morgan fingerprint density at radius 1 is 1.44 bits per heavy atom. The predicted octanol–water partition coefficient (Wildman–Crippen LogP) is 2.90. The van der Waals surface area contributed by atoms with Crippen LogP contribution in [0.15, 0.2) is 18.2 Å². The fourth-order valence-electron chi connectivity index (χ4n) is 1.98. The van der Waals surface area contributed by atoms with Crippen LogP contribution in [0.5, 0.6) is 0 Å². The number of imidazole rings is 1. The molecule has 2 aromatic rings. The van der Waals surface area contributed by atoms with E-state index >= 15 is 0 Å². The monoisotopic (exact) mass is 211 g/mol. The molecule has 3 rings (SSSR count). The summed E-state index contributed by atoms with van der Waals surface area (Å²) in [5.41, 5.74) is 3.36. The van der Waals surface area contributed by atoms with Crippen LogP contribution < -0.4 is 0 Å². The number of hydrogen-bond acceptors (Lipinski definition) is 2. The van der Waals surface area contributed by atoms with Gasteiger partial charge < -0.3 is 4.98 Å². The second-order valence-corrected chi connectivity index (χ2v) is 4.41. The van der Waals surface area contributed by atoms with Crippen molar-refractivity contribution in [1.82, 2.24) is 9.97 Å². The number of fused-ring (bicyclic) bond motifs is 1. The summed E-state index contributed by atoms with van der Waals surface area (Å²) in [6.45, 7) is 0. The topological polar surface area (TPSA) is 52.5 Å². The summed E-state index contributed by atoms with van der Waals surface area (Å²) >= 11 is 0. The van der Waals surface area contributed by atoms with Gasteiger partial charge in [0.1, 0.15) is 5.82 Å². The lowest BCUT2D eigenvalue weighted by molar-refractivity contribution is 0.986. The van der Waals surface area contributed by atoms with Crippen molar-refractivity contribution in [2.45, 2.75) is 31.6 Å². The maximum atomic E-state index is 8.56. The maximum absolute atomic E-state index is 8.56. The maximum Gasteiger partial charge on any atom is 0.110 e. The van der Waals surface area contributed by atoms with Crippen LogP contribution in [0, 0.1) is 11.3 Å². The number of nitriles is 1. The SMILES string of the molecule is N#CCCc1ccc2nc(C3CC3)[nH]c2c1. The second kappa shape index (κ2) is 3.64. The van der Waals surface area contributed by atoms with E-state index in [-0.39, 0.29) is 0 Å². The van der Waals surface area contributed by atoms with Crippen LogP contribution in [0.2, 0.25) is 0 Å². The van der Waals surface area contributed by atoms with E-state index in [1.54, 1.807) is 0 Å². The largest absolute Gasteiger partial charge is 0.342 e. The third-order valence-electron chi connectivity index (χ3n) is 3.05. The van der Waals surface area contributed by atoms with E-state index in [4.69, 9.17) is 5.26 Å². The van der Waals surface area contributed by atoms with Gasteiger partial charge in [-0.05, 0) is 37.0 Å². The lowest BCUT2D eigenvalue weighted by Crippen LogP contribution is -1.83. The molecule has 3 heteroatoms. The molecule has 1 heterocycles. The highest BCUT2D eigenvalue weighted by Gasteiger charge is 2.26. The zero-order valence-electron chi connectivity index (χ0n) is 9.03. The molecule has 1 aromatic carbocycles. The lowest BCUT2D eigenvalue weighted by Gasteiger charge is -1.95. The van der Waals surface area contributed by atoms with Gasteiger partial charge in [-0.25, -0.2) is 4.98 Å². The first kappa shape index (κ1) is 9.41. The summed E-state index contributed by atoms with van der Waals surface area (Å²) in [4.78, 5) is 7.96. The number of rotatable bonds is 3.